The molecule has 2 heterocycles. The number of nitrogens with one attached hydrogen (secondary N) is 1. The highest BCUT2D eigenvalue weighted by Gasteiger charge is 2.25. The van der Waals surface area contributed by atoms with Crippen molar-refractivity contribution in [1.29, 1.82) is 0 Å². The van der Waals surface area contributed by atoms with E-state index >= 15 is 0 Å². The van der Waals surface area contributed by atoms with Crippen LogP contribution in [0.3, 0.4) is 0 Å². The molecule has 6 heteroatoms. The number of nitrogens with zero attached hydrogens (tertiary/aromatic N) is 2. The van der Waals surface area contributed by atoms with Crippen LogP contribution in [-0.2, 0) is 9.59 Å². The monoisotopic (exact) mass is 399 g/mol. The number of benzene rings is 2. The zero-order chi connectivity index (χ0) is 20.8. The molecule has 0 radical (unpaired) electrons. The van der Waals surface area contributed by atoms with Gasteiger partial charge in [-0.3, -0.25) is 19.5 Å². The zero-order valence-electron chi connectivity index (χ0n) is 16.3. The fourth-order valence-corrected chi connectivity index (χ4v) is 3.21. The number of aromatic nitrogens is 1. The van der Waals surface area contributed by atoms with Gasteiger partial charge in [-0.15, -0.1) is 0 Å². The summed E-state index contributed by atoms with van der Waals surface area (Å²) in [6.45, 7) is 0.228. The van der Waals surface area contributed by atoms with Gasteiger partial charge in [0.1, 0.15) is 12.3 Å². The van der Waals surface area contributed by atoms with Crippen LogP contribution in [0.25, 0.3) is 12.2 Å². The first-order valence-electron chi connectivity index (χ1n) is 9.70. The Morgan fingerprint density at radius 1 is 1.07 bits per heavy atom. The standard InChI is InChI=1S/C24H21N3O3/c28-23(17-27-21-9-1-2-10-22(21)30-15-13-24(27)29)26-20-8-5-6-18(16-20)11-12-19-7-3-4-14-25-19/h1-12,14,16H,13,15,17H2,(H,26,28)/b12-11+. The number of para-hydroxylation sites is 2. The number of amides is 2. The number of pyridine rings is 1. The van der Waals surface area contributed by atoms with Crippen LogP contribution in [0.15, 0.2) is 72.9 Å². The van der Waals surface area contributed by atoms with Crippen LogP contribution < -0.4 is 15.0 Å². The summed E-state index contributed by atoms with van der Waals surface area (Å²) in [5.74, 6) is 0.200. The van der Waals surface area contributed by atoms with Gasteiger partial charge in [0.2, 0.25) is 11.8 Å². The van der Waals surface area contributed by atoms with E-state index in [-0.39, 0.29) is 24.8 Å². The van der Waals surface area contributed by atoms with Crippen molar-refractivity contribution in [3.63, 3.8) is 0 Å². The Kier molecular flexibility index (Phi) is 5.85. The lowest BCUT2D eigenvalue weighted by atomic mass is 10.1. The predicted octanol–water partition coefficient (Wildman–Crippen LogP) is 4.01. The lowest BCUT2D eigenvalue weighted by molar-refractivity contribution is -0.121. The van der Waals surface area contributed by atoms with Crippen LogP contribution in [0.5, 0.6) is 5.75 Å². The van der Waals surface area contributed by atoms with E-state index in [0.29, 0.717) is 23.7 Å². The summed E-state index contributed by atoms with van der Waals surface area (Å²) in [6, 6.07) is 20.5. The number of fused-ring (bicyclic) bond motifs is 1. The molecule has 0 saturated heterocycles. The Hall–Kier alpha value is -3.93. The molecule has 3 aromatic rings. The molecule has 0 unspecified atom stereocenters. The number of anilines is 2. The van der Waals surface area contributed by atoms with Crippen molar-refractivity contribution in [1.82, 2.24) is 4.98 Å². The van der Waals surface area contributed by atoms with Gasteiger partial charge in [0, 0.05) is 11.9 Å². The van der Waals surface area contributed by atoms with Gasteiger partial charge in [0.25, 0.3) is 0 Å². The molecule has 0 aliphatic carbocycles. The third-order valence-corrected chi connectivity index (χ3v) is 4.64. The molecular formula is C24H21N3O3. The third-order valence-electron chi connectivity index (χ3n) is 4.64. The van der Waals surface area contributed by atoms with Crippen LogP contribution in [0, 0.1) is 0 Å². The van der Waals surface area contributed by atoms with E-state index < -0.39 is 0 Å². The molecule has 0 bridgehead atoms. The minimum Gasteiger partial charge on any atom is -0.491 e. The Balaban J connectivity index is 1.45. The second-order valence-electron chi connectivity index (χ2n) is 6.81. The smallest absolute Gasteiger partial charge is 0.244 e. The van der Waals surface area contributed by atoms with Gasteiger partial charge >= 0.3 is 0 Å². The number of carbonyl (C=O) groups is 2. The molecule has 150 valence electrons. The summed E-state index contributed by atoms with van der Waals surface area (Å²) in [5, 5.41) is 2.88. The van der Waals surface area contributed by atoms with E-state index in [1.54, 1.807) is 18.3 Å². The Morgan fingerprint density at radius 2 is 1.93 bits per heavy atom. The molecule has 2 aromatic carbocycles. The molecule has 1 N–H and O–H groups in total. The highest BCUT2D eigenvalue weighted by atomic mass is 16.5. The van der Waals surface area contributed by atoms with E-state index in [1.165, 1.54) is 4.90 Å². The maximum atomic E-state index is 12.7. The zero-order valence-corrected chi connectivity index (χ0v) is 16.3. The summed E-state index contributed by atoms with van der Waals surface area (Å²) in [4.78, 5) is 30.9. The SMILES string of the molecule is O=C(CN1C(=O)CCOc2ccccc21)Nc1cccc(/C=C/c2ccccn2)c1. The second-order valence-corrected chi connectivity index (χ2v) is 6.81. The number of hydrogen-bond acceptors (Lipinski definition) is 4. The minimum atomic E-state index is -0.272. The molecule has 6 nitrogen and oxygen atoms in total. The van der Waals surface area contributed by atoms with Gasteiger partial charge < -0.3 is 10.1 Å². The molecule has 2 amide bonds. The summed E-state index contributed by atoms with van der Waals surface area (Å²) in [5.41, 5.74) is 3.06. The van der Waals surface area contributed by atoms with Crippen molar-refractivity contribution in [3.8, 4) is 5.75 Å². The number of rotatable bonds is 5. The first kappa shape index (κ1) is 19.4. The van der Waals surface area contributed by atoms with Crippen LogP contribution in [0.2, 0.25) is 0 Å². The van der Waals surface area contributed by atoms with E-state index in [0.717, 1.165) is 11.3 Å². The predicted molar refractivity (Wildman–Crippen MR) is 117 cm³/mol. The quantitative estimate of drug-likeness (QED) is 0.704. The van der Waals surface area contributed by atoms with Gasteiger partial charge in [-0.05, 0) is 48.0 Å². The highest BCUT2D eigenvalue weighted by Crippen LogP contribution is 2.30. The van der Waals surface area contributed by atoms with Crippen LogP contribution in [-0.4, -0.2) is 29.9 Å². The molecule has 0 saturated carbocycles. The largest absolute Gasteiger partial charge is 0.491 e. The molecule has 1 aliphatic rings. The van der Waals surface area contributed by atoms with Crippen molar-refractivity contribution < 1.29 is 14.3 Å². The lowest BCUT2D eigenvalue weighted by Gasteiger charge is -2.21. The van der Waals surface area contributed by atoms with Crippen LogP contribution in [0.4, 0.5) is 11.4 Å². The number of ether oxygens (including phenoxy) is 1. The summed E-state index contributed by atoms with van der Waals surface area (Å²) in [7, 11) is 0. The van der Waals surface area contributed by atoms with Crippen molar-refractivity contribution in [2.75, 3.05) is 23.4 Å². The van der Waals surface area contributed by atoms with Crippen molar-refractivity contribution >= 4 is 35.3 Å². The third kappa shape index (κ3) is 4.72. The van der Waals surface area contributed by atoms with E-state index in [4.69, 9.17) is 4.74 Å². The van der Waals surface area contributed by atoms with Crippen LogP contribution >= 0.6 is 0 Å². The Morgan fingerprint density at radius 3 is 2.80 bits per heavy atom. The molecule has 4 rings (SSSR count). The van der Waals surface area contributed by atoms with E-state index in [1.807, 2.05) is 66.7 Å². The van der Waals surface area contributed by atoms with Crippen LogP contribution in [0.1, 0.15) is 17.7 Å². The van der Waals surface area contributed by atoms with Crippen molar-refractivity contribution in [2.45, 2.75) is 6.42 Å². The first-order valence-corrected chi connectivity index (χ1v) is 9.70. The summed E-state index contributed by atoms with van der Waals surface area (Å²) >= 11 is 0. The Bertz CT molecular complexity index is 1080. The van der Waals surface area contributed by atoms with Gasteiger partial charge in [0.15, 0.2) is 0 Å². The van der Waals surface area contributed by atoms with Gasteiger partial charge in [-0.2, -0.15) is 0 Å². The lowest BCUT2D eigenvalue weighted by Crippen LogP contribution is -2.37. The molecular weight excluding hydrogens is 378 g/mol. The fraction of sp³-hybridized carbons (Fsp3) is 0.125. The fourth-order valence-electron chi connectivity index (χ4n) is 3.21. The molecule has 1 aromatic heterocycles. The summed E-state index contributed by atoms with van der Waals surface area (Å²) < 4.78 is 5.62. The van der Waals surface area contributed by atoms with Gasteiger partial charge in [0.05, 0.1) is 24.4 Å². The molecule has 30 heavy (non-hydrogen) atoms. The molecule has 0 atom stereocenters. The minimum absolute atomic E-state index is 0.0762. The van der Waals surface area contributed by atoms with E-state index in [2.05, 4.69) is 10.3 Å². The van der Waals surface area contributed by atoms with Gasteiger partial charge in [-0.1, -0.05) is 36.4 Å². The van der Waals surface area contributed by atoms with Crippen molar-refractivity contribution in [2.24, 2.45) is 0 Å². The maximum Gasteiger partial charge on any atom is 0.244 e. The molecule has 0 spiro atoms. The second kappa shape index (κ2) is 9.05. The average molecular weight is 399 g/mol. The normalized spacial score (nSPS) is 13.5. The molecule has 1 aliphatic heterocycles. The van der Waals surface area contributed by atoms with E-state index in [9.17, 15) is 9.59 Å². The molecule has 0 fully saturated rings. The number of carbonyl (C=O) groups excluding carboxylic acids is 2. The maximum absolute atomic E-state index is 12.7. The summed E-state index contributed by atoms with van der Waals surface area (Å²) in [6.07, 6.45) is 5.82. The number of hydrogen-bond donors (Lipinski definition) is 1. The highest BCUT2D eigenvalue weighted by molar-refractivity contribution is 6.03. The topological polar surface area (TPSA) is 71.5 Å². The first-order chi connectivity index (χ1) is 14.7. The van der Waals surface area contributed by atoms with Crippen molar-refractivity contribution in [3.05, 3.63) is 84.2 Å². The Labute approximate surface area is 174 Å². The van der Waals surface area contributed by atoms with Gasteiger partial charge in [-0.25, -0.2) is 0 Å². The average Bonchev–Trinajstić information content (AvgIpc) is 2.92.